The summed E-state index contributed by atoms with van der Waals surface area (Å²) in [7, 11) is -1.68. The lowest BCUT2D eigenvalue weighted by molar-refractivity contribution is 0.414. The number of methoxy groups -OCH3 is 1. The molecule has 0 bridgehead atoms. The van der Waals surface area contributed by atoms with Gasteiger partial charge in [-0.3, -0.25) is 0 Å². The highest BCUT2D eigenvalue weighted by molar-refractivity contribution is 7.92. The first-order valence-corrected chi connectivity index (χ1v) is 8.10. The minimum Gasteiger partial charge on any atom is -0.497 e. The molecule has 0 spiro atoms. The summed E-state index contributed by atoms with van der Waals surface area (Å²) >= 11 is 0. The summed E-state index contributed by atoms with van der Waals surface area (Å²) in [6, 6.07) is 16.4. The Morgan fingerprint density at radius 2 is 1.65 bits per heavy atom. The lowest BCUT2D eigenvalue weighted by Crippen LogP contribution is -2.09. The van der Waals surface area contributed by atoms with Crippen LogP contribution in [0.5, 0.6) is 5.75 Å². The molecule has 0 aromatic heterocycles. The van der Waals surface area contributed by atoms with Gasteiger partial charge in [0, 0.05) is 5.92 Å². The van der Waals surface area contributed by atoms with E-state index in [1.165, 1.54) is 0 Å². The van der Waals surface area contributed by atoms with E-state index in [-0.39, 0.29) is 11.2 Å². The van der Waals surface area contributed by atoms with E-state index in [9.17, 15) is 8.42 Å². The fraction of sp³-hybridized carbons (Fsp3) is 0.250. The van der Waals surface area contributed by atoms with E-state index in [4.69, 9.17) is 4.74 Å². The van der Waals surface area contributed by atoms with E-state index in [1.807, 2.05) is 30.3 Å². The zero-order chi connectivity index (χ0) is 14.2. The summed E-state index contributed by atoms with van der Waals surface area (Å²) in [5, 5.41) is -0.293. The lowest BCUT2D eigenvalue weighted by atomic mass is 10.1. The summed E-state index contributed by atoms with van der Waals surface area (Å²) in [5.74, 6) is 0.794. The molecule has 0 aliphatic heterocycles. The van der Waals surface area contributed by atoms with Crippen molar-refractivity contribution in [2.24, 2.45) is 0 Å². The van der Waals surface area contributed by atoms with E-state index >= 15 is 0 Å². The molecule has 0 amide bonds. The van der Waals surface area contributed by atoms with Crippen LogP contribution in [0.15, 0.2) is 59.5 Å². The molecule has 3 rings (SSSR count). The molecule has 0 radical (unpaired) electrons. The van der Waals surface area contributed by atoms with Gasteiger partial charge in [0.1, 0.15) is 5.75 Å². The Morgan fingerprint density at radius 3 is 2.25 bits per heavy atom. The lowest BCUT2D eigenvalue weighted by Gasteiger charge is -2.05. The predicted octanol–water partition coefficient (Wildman–Crippen LogP) is 3.03. The number of hydrogen-bond donors (Lipinski definition) is 0. The third kappa shape index (κ3) is 2.31. The first-order chi connectivity index (χ1) is 9.63. The molecule has 2 aromatic carbocycles. The summed E-state index contributed by atoms with van der Waals surface area (Å²) in [5.41, 5.74) is 1.11. The predicted molar refractivity (Wildman–Crippen MR) is 77.8 cm³/mol. The fourth-order valence-electron chi connectivity index (χ4n) is 2.51. The molecule has 0 heterocycles. The average molecular weight is 288 g/mol. The summed E-state index contributed by atoms with van der Waals surface area (Å²) < 4.78 is 30.1. The van der Waals surface area contributed by atoms with Crippen LogP contribution in [0.4, 0.5) is 0 Å². The van der Waals surface area contributed by atoms with Gasteiger partial charge in [0.15, 0.2) is 9.84 Å². The molecule has 1 fully saturated rings. The topological polar surface area (TPSA) is 43.4 Å². The van der Waals surface area contributed by atoms with Crippen LogP contribution in [0.1, 0.15) is 17.9 Å². The Kier molecular flexibility index (Phi) is 3.26. The number of benzene rings is 2. The quantitative estimate of drug-likeness (QED) is 0.868. The zero-order valence-electron chi connectivity index (χ0n) is 11.2. The molecule has 2 aromatic rings. The molecule has 1 aliphatic carbocycles. The Morgan fingerprint density at radius 1 is 1.00 bits per heavy atom. The fourth-order valence-corrected chi connectivity index (χ4v) is 4.42. The third-order valence-corrected chi connectivity index (χ3v) is 5.99. The Hall–Kier alpha value is -1.81. The van der Waals surface area contributed by atoms with Crippen LogP contribution in [0, 0.1) is 0 Å². The molecular formula is C16H16O3S. The summed E-state index contributed by atoms with van der Waals surface area (Å²) in [6.45, 7) is 0. The summed E-state index contributed by atoms with van der Waals surface area (Å²) in [6.07, 6.45) is 0.707. The van der Waals surface area contributed by atoms with Gasteiger partial charge in [-0.15, -0.1) is 0 Å². The van der Waals surface area contributed by atoms with Crippen molar-refractivity contribution in [1.82, 2.24) is 0 Å². The van der Waals surface area contributed by atoms with Crippen LogP contribution >= 0.6 is 0 Å². The Bertz CT molecular complexity index is 690. The van der Waals surface area contributed by atoms with Crippen LogP contribution in [0.25, 0.3) is 0 Å². The van der Waals surface area contributed by atoms with E-state index in [2.05, 4.69) is 0 Å². The van der Waals surface area contributed by atoms with Crippen LogP contribution in [0.2, 0.25) is 0 Å². The van der Waals surface area contributed by atoms with E-state index in [1.54, 1.807) is 31.4 Å². The minimum absolute atomic E-state index is 0.128. The van der Waals surface area contributed by atoms with E-state index in [0.29, 0.717) is 17.1 Å². The molecule has 1 aliphatic rings. The Labute approximate surface area is 119 Å². The van der Waals surface area contributed by atoms with Crippen LogP contribution in [-0.2, 0) is 9.84 Å². The molecule has 1 saturated carbocycles. The van der Waals surface area contributed by atoms with Crippen molar-refractivity contribution >= 4 is 9.84 Å². The average Bonchev–Trinajstić information content (AvgIpc) is 3.29. The largest absolute Gasteiger partial charge is 0.497 e. The minimum atomic E-state index is -3.24. The molecular weight excluding hydrogens is 272 g/mol. The smallest absolute Gasteiger partial charge is 0.181 e. The molecule has 104 valence electrons. The van der Waals surface area contributed by atoms with Gasteiger partial charge in [-0.2, -0.15) is 0 Å². The maximum atomic E-state index is 12.5. The number of rotatable bonds is 4. The van der Waals surface area contributed by atoms with Crippen molar-refractivity contribution in [3.05, 3.63) is 60.2 Å². The van der Waals surface area contributed by atoms with Gasteiger partial charge >= 0.3 is 0 Å². The van der Waals surface area contributed by atoms with Gasteiger partial charge in [0.25, 0.3) is 0 Å². The molecule has 2 atom stereocenters. The SMILES string of the molecule is COc1ccc(S(=O)(=O)C2CC2c2ccccc2)cc1. The molecule has 4 heteroatoms. The van der Waals surface area contributed by atoms with Gasteiger partial charge in [0.2, 0.25) is 0 Å². The normalized spacial score (nSPS) is 21.4. The second kappa shape index (κ2) is 4.94. The van der Waals surface area contributed by atoms with Gasteiger partial charge in [-0.25, -0.2) is 8.42 Å². The van der Waals surface area contributed by atoms with Crippen molar-refractivity contribution in [2.75, 3.05) is 7.11 Å². The van der Waals surface area contributed by atoms with Gasteiger partial charge in [-0.05, 0) is 36.2 Å². The van der Waals surface area contributed by atoms with Crippen molar-refractivity contribution in [3.8, 4) is 5.75 Å². The highest BCUT2D eigenvalue weighted by Gasteiger charge is 2.48. The first-order valence-electron chi connectivity index (χ1n) is 6.56. The molecule has 2 unspecified atom stereocenters. The molecule has 20 heavy (non-hydrogen) atoms. The number of ether oxygens (including phenoxy) is 1. The second-order valence-electron chi connectivity index (χ2n) is 5.01. The molecule has 0 N–H and O–H groups in total. The van der Waals surface area contributed by atoms with Crippen molar-refractivity contribution in [1.29, 1.82) is 0 Å². The van der Waals surface area contributed by atoms with E-state index < -0.39 is 9.84 Å². The van der Waals surface area contributed by atoms with Gasteiger partial charge < -0.3 is 4.74 Å². The van der Waals surface area contributed by atoms with Crippen molar-refractivity contribution < 1.29 is 13.2 Å². The molecule has 0 saturated heterocycles. The Balaban J connectivity index is 1.83. The number of hydrogen-bond acceptors (Lipinski definition) is 3. The highest BCUT2D eigenvalue weighted by Crippen LogP contribution is 2.48. The van der Waals surface area contributed by atoms with Crippen LogP contribution < -0.4 is 4.74 Å². The second-order valence-corrected chi connectivity index (χ2v) is 7.18. The maximum Gasteiger partial charge on any atom is 0.181 e. The zero-order valence-corrected chi connectivity index (χ0v) is 12.0. The monoisotopic (exact) mass is 288 g/mol. The van der Waals surface area contributed by atoms with Gasteiger partial charge in [-0.1, -0.05) is 30.3 Å². The van der Waals surface area contributed by atoms with Crippen molar-refractivity contribution in [2.45, 2.75) is 22.5 Å². The highest BCUT2D eigenvalue weighted by atomic mass is 32.2. The standard InChI is InChI=1S/C16H16O3S/c1-19-13-7-9-14(10-8-13)20(17,18)16-11-15(16)12-5-3-2-4-6-12/h2-10,15-16H,11H2,1H3. The number of sulfone groups is 1. The van der Waals surface area contributed by atoms with Crippen LogP contribution in [0.3, 0.4) is 0 Å². The first kappa shape index (κ1) is 13.2. The van der Waals surface area contributed by atoms with E-state index in [0.717, 1.165) is 5.56 Å². The van der Waals surface area contributed by atoms with Crippen LogP contribution in [-0.4, -0.2) is 20.8 Å². The van der Waals surface area contributed by atoms with Gasteiger partial charge in [0.05, 0.1) is 17.3 Å². The van der Waals surface area contributed by atoms with Crippen molar-refractivity contribution in [3.63, 3.8) is 0 Å². The summed E-state index contributed by atoms with van der Waals surface area (Å²) in [4.78, 5) is 0.377. The maximum absolute atomic E-state index is 12.5. The third-order valence-electron chi connectivity index (χ3n) is 3.75. The molecule has 3 nitrogen and oxygen atoms in total.